The van der Waals surface area contributed by atoms with E-state index < -0.39 is 0 Å². The molecular weight excluding hydrogens is 483 g/mol. The SMILES string of the molecule is CN=C(NCCCOc1ccccc1)NCCN1C(=O)c2ccccc2C1=O.I. The standard InChI is InChI=1S/C21H24N4O3.HI/c1-22-21(23-12-7-15-28-16-8-3-2-4-9-16)24-13-14-25-19(26)17-10-5-6-11-18(17)20(25)27;/h2-6,8-11H,7,12-15H2,1H3,(H2,22,23,24);1H. The number of hydrogen-bond donors (Lipinski definition) is 2. The van der Waals surface area contributed by atoms with Gasteiger partial charge in [0.15, 0.2) is 5.96 Å². The summed E-state index contributed by atoms with van der Waals surface area (Å²) in [7, 11) is 1.68. The summed E-state index contributed by atoms with van der Waals surface area (Å²) in [4.78, 5) is 30.1. The van der Waals surface area contributed by atoms with E-state index in [4.69, 9.17) is 4.74 Å². The average Bonchev–Trinajstić information content (AvgIpc) is 2.98. The molecule has 0 spiro atoms. The Morgan fingerprint density at radius 3 is 2.14 bits per heavy atom. The van der Waals surface area contributed by atoms with E-state index in [1.807, 2.05) is 30.3 Å². The number of guanidine groups is 1. The largest absolute Gasteiger partial charge is 0.494 e. The highest BCUT2D eigenvalue weighted by Crippen LogP contribution is 2.21. The molecule has 29 heavy (non-hydrogen) atoms. The second-order valence-electron chi connectivity index (χ2n) is 6.25. The smallest absolute Gasteiger partial charge is 0.261 e. The number of imide groups is 1. The first kappa shape index (κ1) is 22.7. The van der Waals surface area contributed by atoms with Gasteiger partial charge in [-0.05, 0) is 30.7 Å². The third-order valence-corrected chi connectivity index (χ3v) is 4.36. The summed E-state index contributed by atoms with van der Waals surface area (Å²) in [5.41, 5.74) is 0.932. The number of rotatable bonds is 8. The molecule has 0 unspecified atom stereocenters. The molecule has 2 aromatic rings. The summed E-state index contributed by atoms with van der Waals surface area (Å²) >= 11 is 0. The minimum Gasteiger partial charge on any atom is -0.494 e. The molecule has 2 N–H and O–H groups in total. The molecule has 8 heteroatoms. The lowest BCUT2D eigenvalue weighted by Gasteiger charge is -2.16. The Hall–Kier alpha value is -2.62. The lowest BCUT2D eigenvalue weighted by atomic mass is 10.1. The maximum Gasteiger partial charge on any atom is 0.261 e. The second kappa shape index (κ2) is 11.4. The zero-order valence-corrected chi connectivity index (χ0v) is 18.6. The van der Waals surface area contributed by atoms with E-state index in [0.717, 1.165) is 12.2 Å². The van der Waals surface area contributed by atoms with E-state index in [2.05, 4.69) is 15.6 Å². The van der Waals surface area contributed by atoms with Gasteiger partial charge in [0.05, 0.1) is 17.7 Å². The highest BCUT2D eigenvalue weighted by Gasteiger charge is 2.34. The molecule has 154 valence electrons. The Morgan fingerprint density at radius 1 is 0.931 bits per heavy atom. The molecule has 0 saturated carbocycles. The van der Waals surface area contributed by atoms with Crippen LogP contribution >= 0.6 is 24.0 Å². The molecule has 0 aliphatic carbocycles. The van der Waals surface area contributed by atoms with E-state index in [9.17, 15) is 9.59 Å². The topological polar surface area (TPSA) is 83.0 Å². The van der Waals surface area contributed by atoms with Crippen LogP contribution in [0.15, 0.2) is 59.6 Å². The van der Waals surface area contributed by atoms with Crippen LogP contribution in [0.1, 0.15) is 27.1 Å². The molecule has 0 fully saturated rings. The molecule has 0 radical (unpaired) electrons. The summed E-state index contributed by atoms with van der Waals surface area (Å²) < 4.78 is 5.64. The van der Waals surface area contributed by atoms with Gasteiger partial charge in [0.25, 0.3) is 11.8 Å². The zero-order chi connectivity index (χ0) is 19.8. The Morgan fingerprint density at radius 2 is 1.52 bits per heavy atom. The van der Waals surface area contributed by atoms with Crippen molar-refractivity contribution in [2.24, 2.45) is 4.99 Å². The number of para-hydroxylation sites is 1. The van der Waals surface area contributed by atoms with E-state index in [1.54, 1.807) is 31.3 Å². The van der Waals surface area contributed by atoms with Crippen LogP contribution in [0.5, 0.6) is 5.75 Å². The Bertz CT molecular complexity index is 823. The number of nitrogens with zero attached hydrogens (tertiary/aromatic N) is 2. The van der Waals surface area contributed by atoms with Gasteiger partial charge in [-0.1, -0.05) is 30.3 Å². The monoisotopic (exact) mass is 508 g/mol. The first-order valence-corrected chi connectivity index (χ1v) is 9.28. The van der Waals surface area contributed by atoms with Gasteiger partial charge in [0.1, 0.15) is 5.75 Å². The van der Waals surface area contributed by atoms with Crippen molar-refractivity contribution in [3.8, 4) is 5.75 Å². The maximum atomic E-state index is 12.3. The van der Waals surface area contributed by atoms with Crippen LogP contribution in [-0.2, 0) is 0 Å². The predicted molar refractivity (Wildman–Crippen MR) is 123 cm³/mol. The summed E-state index contributed by atoms with van der Waals surface area (Å²) in [5.74, 6) is 0.981. The summed E-state index contributed by atoms with van der Waals surface area (Å²) in [6.07, 6.45) is 0.813. The number of hydrogen-bond acceptors (Lipinski definition) is 4. The van der Waals surface area contributed by atoms with Gasteiger partial charge in [0.2, 0.25) is 0 Å². The molecule has 1 aliphatic heterocycles. The number of ether oxygens (including phenoxy) is 1. The molecule has 2 aromatic carbocycles. The van der Waals surface area contributed by atoms with Crippen molar-refractivity contribution in [2.75, 3.05) is 33.3 Å². The molecular formula is C21H25IN4O3. The molecule has 7 nitrogen and oxygen atoms in total. The fourth-order valence-corrected chi connectivity index (χ4v) is 2.93. The fraction of sp³-hybridized carbons (Fsp3) is 0.286. The van der Waals surface area contributed by atoms with Crippen molar-refractivity contribution in [2.45, 2.75) is 6.42 Å². The number of nitrogens with one attached hydrogen (secondary N) is 2. The van der Waals surface area contributed by atoms with Crippen molar-refractivity contribution in [3.63, 3.8) is 0 Å². The molecule has 3 rings (SSSR count). The van der Waals surface area contributed by atoms with Gasteiger partial charge in [-0.2, -0.15) is 0 Å². The van der Waals surface area contributed by atoms with Crippen LogP contribution in [0.3, 0.4) is 0 Å². The molecule has 1 aliphatic rings. The molecule has 0 aromatic heterocycles. The number of amides is 2. The first-order valence-electron chi connectivity index (χ1n) is 9.28. The predicted octanol–water partition coefficient (Wildman–Crippen LogP) is 2.53. The molecule has 1 heterocycles. The van der Waals surface area contributed by atoms with Gasteiger partial charge in [0, 0.05) is 26.7 Å². The van der Waals surface area contributed by atoms with E-state index in [1.165, 1.54) is 4.90 Å². The normalized spacial score (nSPS) is 13.0. The number of aliphatic imine (C=N–C) groups is 1. The van der Waals surface area contributed by atoms with Crippen molar-refractivity contribution in [3.05, 3.63) is 65.7 Å². The van der Waals surface area contributed by atoms with Gasteiger partial charge >= 0.3 is 0 Å². The average molecular weight is 508 g/mol. The minimum absolute atomic E-state index is 0. The number of carbonyl (C=O) groups is 2. The van der Waals surface area contributed by atoms with Crippen molar-refractivity contribution in [1.82, 2.24) is 15.5 Å². The van der Waals surface area contributed by atoms with Gasteiger partial charge in [-0.3, -0.25) is 19.5 Å². The molecule has 0 saturated heterocycles. The van der Waals surface area contributed by atoms with Crippen LogP contribution in [0.2, 0.25) is 0 Å². The summed E-state index contributed by atoms with van der Waals surface area (Å²) in [6.45, 7) is 2.00. The van der Waals surface area contributed by atoms with Gasteiger partial charge in [-0.15, -0.1) is 24.0 Å². The molecule has 0 bridgehead atoms. The van der Waals surface area contributed by atoms with Crippen LogP contribution in [-0.4, -0.2) is 56.0 Å². The minimum atomic E-state index is -0.247. The molecule has 0 atom stereocenters. The third-order valence-electron chi connectivity index (χ3n) is 4.36. The van der Waals surface area contributed by atoms with Crippen LogP contribution < -0.4 is 15.4 Å². The van der Waals surface area contributed by atoms with E-state index in [-0.39, 0.29) is 42.3 Å². The lowest BCUT2D eigenvalue weighted by Crippen LogP contribution is -2.43. The Balaban J connectivity index is 0.00000300. The number of halogens is 1. The lowest BCUT2D eigenvalue weighted by molar-refractivity contribution is 0.0657. The Kier molecular flexibility index (Phi) is 8.91. The van der Waals surface area contributed by atoms with Crippen LogP contribution in [0.25, 0.3) is 0 Å². The fourth-order valence-electron chi connectivity index (χ4n) is 2.93. The highest BCUT2D eigenvalue weighted by atomic mass is 127. The van der Waals surface area contributed by atoms with Crippen molar-refractivity contribution >= 4 is 41.8 Å². The van der Waals surface area contributed by atoms with Crippen molar-refractivity contribution < 1.29 is 14.3 Å². The zero-order valence-electron chi connectivity index (χ0n) is 16.3. The third kappa shape index (κ3) is 5.93. The van der Waals surface area contributed by atoms with Gasteiger partial charge in [-0.25, -0.2) is 0 Å². The van der Waals surface area contributed by atoms with Gasteiger partial charge < -0.3 is 15.4 Å². The van der Waals surface area contributed by atoms with E-state index >= 15 is 0 Å². The highest BCUT2D eigenvalue weighted by molar-refractivity contribution is 14.0. The second-order valence-corrected chi connectivity index (χ2v) is 6.25. The number of fused-ring (bicyclic) bond motifs is 1. The van der Waals surface area contributed by atoms with E-state index in [0.29, 0.717) is 36.8 Å². The maximum absolute atomic E-state index is 12.3. The van der Waals surface area contributed by atoms with Crippen LogP contribution in [0, 0.1) is 0 Å². The number of benzene rings is 2. The first-order chi connectivity index (χ1) is 13.7. The van der Waals surface area contributed by atoms with Crippen LogP contribution in [0.4, 0.5) is 0 Å². The molecule has 2 amide bonds. The Labute approximate surface area is 187 Å². The van der Waals surface area contributed by atoms with Crippen molar-refractivity contribution in [1.29, 1.82) is 0 Å². The summed E-state index contributed by atoms with van der Waals surface area (Å²) in [6, 6.07) is 16.6. The quantitative estimate of drug-likeness (QED) is 0.188. The summed E-state index contributed by atoms with van der Waals surface area (Å²) in [5, 5.41) is 6.32. The number of carbonyl (C=O) groups excluding carboxylic acids is 2.